The average Bonchev–Trinajstić information content (AvgIpc) is 3.10. The van der Waals surface area contributed by atoms with Gasteiger partial charge in [-0.3, -0.25) is 9.69 Å². The molecule has 0 spiro atoms. The Morgan fingerprint density at radius 3 is 3.03 bits per heavy atom. The first-order valence-corrected chi connectivity index (χ1v) is 11.0. The van der Waals surface area contributed by atoms with Gasteiger partial charge in [-0.2, -0.15) is 5.10 Å². The molecular weight excluding hydrogens is 388 g/mol. The van der Waals surface area contributed by atoms with Gasteiger partial charge in [-0.05, 0) is 61.6 Å². The molecule has 2 aromatic carbocycles. The first kappa shape index (κ1) is 19.8. The summed E-state index contributed by atoms with van der Waals surface area (Å²) in [5.41, 5.74) is 9.13. The maximum absolute atomic E-state index is 12.6. The predicted molar refractivity (Wildman–Crippen MR) is 123 cm³/mol. The highest BCUT2D eigenvalue weighted by atomic mass is 16.5. The van der Waals surface area contributed by atoms with Crippen molar-refractivity contribution in [2.24, 2.45) is 5.10 Å². The molecule has 31 heavy (non-hydrogen) atoms. The second-order valence-corrected chi connectivity index (χ2v) is 8.48. The third-order valence-corrected chi connectivity index (χ3v) is 6.48. The lowest BCUT2D eigenvalue weighted by Gasteiger charge is -2.39. The van der Waals surface area contributed by atoms with Crippen LogP contribution in [0.25, 0.3) is 10.9 Å². The van der Waals surface area contributed by atoms with Crippen molar-refractivity contribution in [3.8, 4) is 5.75 Å². The molecule has 0 saturated carbocycles. The number of hydrogen-bond acceptors (Lipinski definition) is 4. The third kappa shape index (κ3) is 3.72. The molecule has 1 atom stereocenters. The van der Waals surface area contributed by atoms with Crippen molar-refractivity contribution in [2.75, 3.05) is 20.2 Å². The van der Waals surface area contributed by atoms with E-state index in [0.29, 0.717) is 12.6 Å². The number of rotatable bonds is 5. The Morgan fingerprint density at radius 1 is 1.26 bits per heavy atom. The van der Waals surface area contributed by atoms with Crippen LogP contribution < -0.4 is 10.2 Å². The van der Waals surface area contributed by atoms with Crippen molar-refractivity contribution in [1.82, 2.24) is 14.9 Å². The summed E-state index contributed by atoms with van der Waals surface area (Å²) >= 11 is 0. The summed E-state index contributed by atoms with van der Waals surface area (Å²) in [7, 11) is 1.63. The quantitative estimate of drug-likeness (QED) is 0.508. The fraction of sp³-hybridized carbons (Fsp3) is 0.360. The zero-order chi connectivity index (χ0) is 21.4. The molecular formula is C25H28N4O2. The number of hydrazone groups is 1. The fourth-order valence-corrected chi connectivity index (χ4v) is 5.10. The molecule has 6 nitrogen and oxygen atoms in total. The first-order chi connectivity index (χ1) is 15.1. The molecule has 160 valence electrons. The molecule has 0 bridgehead atoms. The minimum atomic E-state index is -0.0772. The molecule has 3 aromatic rings. The molecule has 0 fully saturated rings. The van der Waals surface area contributed by atoms with Gasteiger partial charge < -0.3 is 9.30 Å². The molecule has 1 aromatic heterocycles. The molecule has 6 heteroatoms. The minimum absolute atomic E-state index is 0.0772. The van der Waals surface area contributed by atoms with Crippen molar-refractivity contribution < 1.29 is 9.53 Å². The van der Waals surface area contributed by atoms with Gasteiger partial charge in [0, 0.05) is 29.7 Å². The highest BCUT2D eigenvalue weighted by Crippen LogP contribution is 2.42. The van der Waals surface area contributed by atoms with Gasteiger partial charge in [-0.15, -0.1) is 0 Å². The van der Waals surface area contributed by atoms with E-state index >= 15 is 0 Å². The lowest BCUT2D eigenvalue weighted by Crippen LogP contribution is -2.44. The number of nitrogens with one attached hydrogen (secondary N) is 1. The van der Waals surface area contributed by atoms with Crippen molar-refractivity contribution >= 4 is 23.0 Å². The SMILES string of the molecule is COc1cccc(/C=N\NC(=O)CN2CCn3c4c(c5cc(C)ccc53)CCC[C@@H]42)c1. The van der Waals surface area contributed by atoms with Crippen LogP contribution in [0, 0.1) is 6.92 Å². The second kappa shape index (κ2) is 8.19. The molecule has 1 N–H and O–H groups in total. The number of amides is 1. The number of ether oxygens (including phenoxy) is 1. The van der Waals surface area contributed by atoms with E-state index in [2.05, 4.69) is 45.1 Å². The van der Waals surface area contributed by atoms with Crippen LogP contribution in [0.5, 0.6) is 5.75 Å². The topological polar surface area (TPSA) is 58.9 Å². The molecule has 5 rings (SSSR count). The van der Waals surface area contributed by atoms with Crippen LogP contribution in [-0.2, 0) is 17.8 Å². The molecule has 0 unspecified atom stereocenters. The van der Waals surface area contributed by atoms with Gasteiger partial charge >= 0.3 is 0 Å². The van der Waals surface area contributed by atoms with E-state index < -0.39 is 0 Å². The number of aromatic nitrogens is 1. The van der Waals surface area contributed by atoms with Crippen molar-refractivity contribution in [3.05, 3.63) is 64.8 Å². The molecule has 0 radical (unpaired) electrons. The van der Waals surface area contributed by atoms with E-state index in [-0.39, 0.29) is 5.91 Å². The Hall–Kier alpha value is -3.12. The molecule has 2 heterocycles. The average molecular weight is 417 g/mol. The van der Waals surface area contributed by atoms with Crippen LogP contribution in [0.15, 0.2) is 47.6 Å². The molecule has 1 aliphatic carbocycles. The van der Waals surface area contributed by atoms with Crippen molar-refractivity contribution in [1.29, 1.82) is 0 Å². The monoisotopic (exact) mass is 416 g/mol. The van der Waals surface area contributed by atoms with Gasteiger partial charge in [-0.25, -0.2) is 5.43 Å². The Morgan fingerprint density at radius 2 is 2.16 bits per heavy atom. The summed E-state index contributed by atoms with van der Waals surface area (Å²) in [6, 6.07) is 14.7. The second-order valence-electron chi connectivity index (χ2n) is 8.48. The third-order valence-electron chi connectivity index (χ3n) is 6.48. The molecule has 1 aliphatic heterocycles. The van der Waals surface area contributed by atoms with Gasteiger partial charge in [0.2, 0.25) is 0 Å². The Balaban J connectivity index is 1.31. The van der Waals surface area contributed by atoms with Crippen LogP contribution in [0.1, 0.15) is 41.3 Å². The highest BCUT2D eigenvalue weighted by molar-refractivity contribution is 5.87. The zero-order valence-corrected chi connectivity index (χ0v) is 18.1. The summed E-state index contributed by atoms with van der Waals surface area (Å²) in [6.07, 6.45) is 5.04. The number of methoxy groups -OCH3 is 1. The van der Waals surface area contributed by atoms with Gasteiger partial charge in [0.15, 0.2) is 0 Å². The van der Waals surface area contributed by atoms with E-state index in [1.165, 1.54) is 27.7 Å². The zero-order valence-electron chi connectivity index (χ0n) is 18.1. The standard InChI is InChI=1S/C25H28N4O2/c1-17-9-10-22-21(13-17)20-7-4-8-23-25(20)29(22)12-11-28(23)16-24(30)27-26-15-18-5-3-6-19(14-18)31-2/h3,5-6,9-10,13-15,23H,4,7-8,11-12,16H2,1-2H3,(H,27,30)/b26-15-/t23-/m0/s1. The number of carbonyl (C=O) groups is 1. The molecule has 1 amide bonds. The van der Waals surface area contributed by atoms with Crippen LogP contribution >= 0.6 is 0 Å². The largest absolute Gasteiger partial charge is 0.497 e. The lowest BCUT2D eigenvalue weighted by atomic mass is 9.89. The highest BCUT2D eigenvalue weighted by Gasteiger charge is 2.35. The Labute approximate surface area is 182 Å². The van der Waals surface area contributed by atoms with E-state index in [4.69, 9.17) is 4.74 Å². The van der Waals surface area contributed by atoms with Crippen molar-refractivity contribution in [2.45, 2.75) is 38.8 Å². The van der Waals surface area contributed by atoms with E-state index in [1.54, 1.807) is 13.3 Å². The van der Waals surface area contributed by atoms with Crippen LogP contribution in [0.3, 0.4) is 0 Å². The van der Waals surface area contributed by atoms with E-state index in [0.717, 1.165) is 43.7 Å². The molecule has 0 saturated heterocycles. The smallest absolute Gasteiger partial charge is 0.254 e. The summed E-state index contributed by atoms with van der Waals surface area (Å²) in [5, 5.41) is 5.54. The lowest BCUT2D eigenvalue weighted by molar-refractivity contribution is -0.123. The summed E-state index contributed by atoms with van der Waals surface area (Å²) in [6.45, 7) is 4.32. The van der Waals surface area contributed by atoms with E-state index in [1.807, 2.05) is 24.3 Å². The maximum atomic E-state index is 12.6. The normalized spacial score (nSPS) is 18.3. The Kier molecular flexibility index (Phi) is 5.24. The number of fused-ring (bicyclic) bond motifs is 3. The summed E-state index contributed by atoms with van der Waals surface area (Å²) in [4.78, 5) is 14.9. The van der Waals surface area contributed by atoms with Gasteiger partial charge in [0.25, 0.3) is 5.91 Å². The summed E-state index contributed by atoms with van der Waals surface area (Å²) < 4.78 is 7.71. The van der Waals surface area contributed by atoms with Gasteiger partial charge in [0.1, 0.15) is 5.75 Å². The summed E-state index contributed by atoms with van der Waals surface area (Å²) in [5.74, 6) is 0.689. The Bertz CT molecular complexity index is 1160. The number of aryl methyl sites for hydroxylation is 2. The number of nitrogens with zero attached hydrogens (tertiary/aromatic N) is 3. The molecule has 2 aliphatic rings. The number of hydrogen-bond donors (Lipinski definition) is 1. The fourth-order valence-electron chi connectivity index (χ4n) is 5.10. The van der Waals surface area contributed by atoms with Crippen LogP contribution in [0.4, 0.5) is 0 Å². The van der Waals surface area contributed by atoms with Crippen LogP contribution in [0.2, 0.25) is 0 Å². The van der Waals surface area contributed by atoms with Crippen molar-refractivity contribution in [3.63, 3.8) is 0 Å². The number of benzene rings is 2. The van der Waals surface area contributed by atoms with Crippen LogP contribution in [-0.4, -0.2) is 41.8 Å². The predicted octanol–water partition coefficient (Wildman–Crippen LogP) is 3.80. The van der Waals surface area contributed by atoms with E-state index in [9.17, 15) is 4.79 Å². The van der Waals surface area contributed by atoms with Gasteiger partial charge in [0.05, 0.1) is 25.9 Å². The minimum Gasteiger partial charge on any atom is -0.497 e. The first-order valence-electron chi connectivity index (χ1n) is 11.0. The van der Waals surface area contributed by atoms with Gasteiger partial charge in [-0.1, -0.05) is 23.8 Å². The number of carbonyl (C=O) groups excluding carboxylic acids is 1. The maximum Gasteiger partial charge on any atom is 0.254 e.